The first-order valence-corrected chi connectivity index (χ1v) is 5.69. The first kappa shape index (κ1) is 17.1. The molecule has 0 fully saturated rings. The Bertz CT molecular complexity index is 264. The molecule has 4 heteroatoms. The number of hydrogen-bond acceptors (Lipinski definition) is 4. The standard InChI is InChI=1S/C10H18N2O2.C2H6/c1-5-12-9(7(3)8(4)11)10(13)14-6-2;1-2/h5-6,11H2,1-4H3;1-2H3/b8-7-,12-9?;. The van der Waals surface area contributed by atoms with E-state index in [1.54, 1.807) is 20.8 Å². The van der Waals surface area contributed by atoms with Gasteiger partial charge in [0.1, 0.15) is 5.71 Å². The van der Waals surface area contributed by atoms with Crippen LogP contribution in [-0.2, 0) is 9.53 Å². The van der Waals surface area contributed by atoms with Gasteiger partial charge in [0.05, 0.1) is 6.61 Å². The van der Waals surface area contributed by atoms with Gasteiger partial charge < -0.3 is 10.5 Å². The molecule has 0 saturated heterocycles. The molecule has 4 nitrogen and oxygen atoms in total. The molecular weight excluding hydrogens is 204 g/mol. The second kappa shape index (κ2) is 10.2. The molecule has 0 aromatic rings. The minimum Gasteiger partial charge on any atom is -0.461 e. The predicted octanol–water partition coefficient (Wildman–Crippen LogP) is 2.29. The Morgan fingerprint density at radius 3 is 2.06 bits per heavy atom. The quantitative estimate of drug-likeness (QED) is 0.593. The lowest BCUT2D eigenvalue weighted by Gasteiger charge is -2.07. The summed E-state index contributed by atoms with van der Waals surface area (Å²) in [6.07, 6.45) is 0. The molecule has 0 aliphatic rings. The number of rotatable bonds is 4. The van der Waals surface area contributed by atoms with Crippen molar-refractivity contribution in [1.29, 1.82) is 0 Å². The smallest absolute Gasteiger partial charge is 0.356 e. The minimum atomic E-state index is -0.406. The average Bonchev–Trinajstić information content (AvgIpc) is 2.27. The Balaban J connectivity index is 0. The fourth-order valence-corrected chi connectivity index (χ4v) is 0.881. The van der Waals surface area contributed by atoms with Crippen LogP contribution in [-0.4, -0.2) is 24.8 Å². The van der Waals surface area contributed by atoms with Gasteiger partial charge in [-0.2, -0.15) is 0 Å². The predicted molar refractivity (Wildman–Crippen MR) is 68.5 cm³/mol. The van der Waals surface area contributed by atoms with Crippen molar-refractivity contribution in [2.75, 3.05) is 13.2 Å². The normalized spacial score (nSPS) is 12.2. The highest BCUT2D eigenvalue weighted by Gasteiger charge is 2.15. The van der Waals surface area contributed by atoms with E-state index in [2.05, 4.69) is 4.99 Å². The van der Waals surface area contributed by atoms with Crippen LogP contribution in [0.5, 0.6) is 0 Å². The van der Waals surface area contributed by atoms with Gasteiger partial charge in [-0.3, -0.25) is 4.99 Å². The Morgan fingerprint density at radius 1 is 1.25 bits per heavy atom. The maximum atomic E-state index is 11.4. The first-order chi connectivity index (χ1) is 7.54. The number of aliphatic imine (C=N–C) groups is 1. The van der Waals surface area contributed by atoms with Crippen LogP contribution >= 0.6 is 0 Å². The van der Waals surface area contributed by atoms with E-state index < -0.39 is 5.97 Å². The monoisotopic (exact) mass is 228 g/mol. The summed E-state index contributed by atoms with van der Waals surface area (Å²) in [5.41, 5.74) is 7.19. The van der Waals surface area contributed by atoms with E-state index in [0.717, 1.165) is 0 Å². The Morgan fingerprint density at radius 2 is 1.75 bits per heavy atom. The summed E-state index contributed by atoms with van der Waals surface area (Å²) in [5, 5.41) is 0. The zero-order valence-corrected chi connectivity index (χ0v) is 11.3. The van der Waals surface area contributed by atoms with Crippen molar-refractivity contribution in [1.82, 2.24) is 0 Å². The van der Waals surface area contributed by atoms with Gasteiger partial charge in [-0.15, -0.1) is 0 Å². The molecule has 16 heavy (non-hydrogen) atoms. The first-order valence-electron chi connectivity index (χ1n) is 5.69. The fraction of sp³-hybridized carbons (Fsp3) is 0.667. The number of hydrogen-bond donors (Lipinski definition) is 1. The molecule has 0 aromatic carbocycles. The maximum absolute atomic E-state index is 11.4. The van der Waals surface area contributed by atoms with Crippen molar-refractivity contribution in [2.45, 2.75) is 41.5 Å². The van der Waals surface area contributed by atoms with Gasteiger partial charge in [0.15, 0.2) is 0 Å². The Kier molecular flexibility index (Phi) is 10.9. The summed E-state index contributed by atoms with van der Waals surface area (Å²) in [4.78, 5) is 15.5. The van der Waals surface area contributed by atoms with Gasteiger partial charge in [0.25, 0.3) is 0 Å². The van der Waals surface area contributed by atoms with E-state index in [1.165, 1.54) is 0 Å². The molecule has 0 saturated carbocycles. The van der Waals surface area contributed by atoms with Gasteiger partial charge in [-0.25, -0.2) is 4.79 Å². The lowest BCUT2D eigenvalue weighted by Crippen LogP contribution is -2.21. The van der Waals surface area contributed by atoms with E-state index in [-0.39, 0.29) is 0 Å². The lowest BCUT2D eigenvalue weighted by atomic mass is 10.1. The summed E-state index contributed by atoms with van der Waals surface area (Å²) in [5.74, 6) is -0.406. The van der Waals surface area contributed by atoms with Gasteiger partial charge >= 0.3 is 5.97 Å². The van der Waals surface area contributed by atoms with Crippen molar-refractivity contribution in [2.24, 2.45) is 10.7 Å². The van der Waals surface area contributed by atoms with Crippen LogP contribution in [0.1, 0.15) is 41.5 Å². The number of esters is 1. The molecular formula is C12H24N2O2. The average molecular weight is 228 g/mol. The van der Waals surface area contributed by atoms with Crippen molar-refractivity contribution < 1.29 is 9.53 Å². The summed E-state index contributed by atoms with van der Waals surface area (Å²) >= 11 is 0. The molecule has 0 radical (unpaired) electrons. The van der Waals surface area contributed by atoms with Crippen LogP contribution in [0.4, 0.5) is 0 Å². The zero-order chi connectivity index (χ0) is 13.1. The highest BCUT2D eigenvalue weighted by atomic mass is 16.5. The Labute approximate surface area is 98.6 Å². The Hall–Kier alpha value is -1.32. The minimum absolute atomic E-state index is 0.328. The maximum Gasteiger partial charge on any atom is 0.356 e. The largest absolute Gasteiger partial charge is 0.461 e. The van der Waals surface area contributed by atoms with Crippen molar-refractivity contribution in [3.8, 4) is 0 Å². The summed E-state index contributed by atoms with van der Waals surface area (Å²) < 4.78 is 4.87. The van der Waals surface area contributed by atoms with Crippen LogP contribution in [0.15, 0.2) is 16.3 Å². The van der Waals surface area contributed by atoms with Gasteiger partial charge in [-0.05, 0) is 27.7 Å². The molecule has 0 heterocycles. The van der Waals surface area contributed by atoms with Gasteiger partial charge in [0.2, 0.25) is 0 Å². The molecule has 0 unspecified atom stereocenters. The van der Waals surface area contributed by atoms with Gasteiger partial charge in [0, 0.05) is 17.8 Å². The van der Waals surface area contributed by atoms with E-state index in [1.807, 2.05) is 20.8 Å². The van der Waals surface area contributed by atoms with Crippen molar-refractivity contribution >= 4 is 11.7 Å². The zero-order valence-electron chi connectivity index (χ0n) is 11.3. The lowest BCUT2D eigenvalue weighted by molar-refractivity contribution is -0.134. The number of allylic oxidation sites excluding steroid dienone is 1. The summed E-state index contributed by atoms with van der Waals surface area (Å²) in [6.45, 7) is 12.0. The van der Waals surface area contributed by atoms with Crippen LogP contribution in [0, 0.1) is 0 Å². The topological polar surface area (TPSA) is 64.7 Å². The molecule has 94 valence electrons. The number of nitrogens with two attached hydrogens (primary N) is 1. The molecule has 0 amide bonds. The SMILES string of the molecule is CC.CCN=C(C(=O)OCC)/C(C)=C(/C)N. The molecule has 2 N–H and O–H groups in total. The van der Waals surface area contributed by atoms with Crippen molar-refractivity contribution in [3.05, 3.63) is 11.3 Å². The number of carbonyl (C=O) groups is 1. The fourth-order valence-electron chi connectivity index (χ4n) is 0.881. The van der Waals surface area contributed by atoms with Crippen molar-refractivity contribution in [3.63, 3.8) is 0 Å². The molecule has 0 aliphatic heterocycles. The third kappa shape index (κ3) is 6.22. The third-order valence-electron chi connectivity index (χ3n) is 1.73. The highest BCUT2D eigenvalue weighted by molar-refractivity contribution is 6.43. The van der Waals surface area contributed by atoms with E-state index >= 15 is 0 Å². The van der Waals surface area contributed by atoms with E-state index in [9.17, 15) is 4.79 Å². The summed E-state index contributed by atoms with van der Waals surface area (Å²) in [6, 6.07) is 0. The molecule has 0 rings (SSSR count). The van der Waals surface area contributed by atoms with Crippen LogP contribution < -0.4 is 5.73 Å². The molecule has 0 spiro atoms. The highest BCUT2D eigenvalue weighted by Crippen LogP contribution is 2.03. The molecule has 0 bridgehead atoms. The molecule has 0 atom stereocenters. The summed E-state index contributed by atoms with van der Waals surface area (Å²) in [7, 11) is 0. The van der Waals surface area contributed by atoms with Crippen LogP contribution in [0.25, 0.3) is 0 Å². The molecule has 0 aromatic heterocycles. The van der Waals surface area contributed by atoms with Crippen LogP contribution in [0.2, 0.25) is 0 Å². The second-order valence-electron chi connectivity index (χ2n) is 2.85. The van der Waals surface area contributed by atoms with E-state index in [4.69, 9.17) is 10.5 Å². The molecule has 0 aliphatic carbocycles. The van der Waals surface area contributed by atoms with Gasteiger partial charge in [-0.1, -0.05) is 13.8 Å². The number of ether oxygens (including phenoxy) is 1. The second-order valence-corrected chi connectivity index (χ2v) is 2.85. The van der Waals surface area contributed by atoms with Crippen LogP contribution in [0.3, 0.4) is 0 Å². The number of carbonyl (C=O) groups excluding carboxylic acids is 1. The van der Waals surface area contributed by atoms with E-state index in [0.29, 0.717) is 30.1 Å². The third-order valence-corrected chi connectivity index (χ3v) is 1.73. The number of nitrogens with zero attached hydrogens (tertiary/aromatic N) is 1.